The summed E-state index contributed by atoms with van der Waals surface area (Å²) in [5.74, 6) is 0.307. The first kappa shape index (κ1) is 16.1. The van der Waals surface area contributed by atoms with E-state index in [1.165, 1.54) is 6.33 Å². The molecule has 2 rings (SSSR count). The van der Waals surface area contributed by atoms with Crippen LogP contribution in [-0.4, -0.2) is 57.2 Å². The maximum Gasteiger partial charge on any atom is 0.410 e. The molecule has 9 nitrogen and oxygen atoms in total. The van der Waals surface area contributed by atoms with E-state index < -0.39 is 10.5 Å². The number of rotatable bonds is 2. The standard InChI is InChI=1S/C13H21N5O4/c1-13(2,3)22-12(19)17-7-5-16(6-8-17)11-10(18(20)21)14-9-15(11)4/h9H,5-8H2,1-4H3. The molecule has 22 heavy (non-hydrogen) atoms. The number of hydrogen-bond acceptors (Lipinski definition) is 6. The van der Waals surface area contributed by atoms with E-state index in [0.29, 0.717) is 32.0 Å². The first-order valence-electron chi connectivity index (χ1n) is 7.07. The van der Waals surface area contributed by atoms with Gasteiger partial charge in [-0.05, 0) is 30.7 Å². The number of carbonyl (C=O) groups excluding carboxylic acids is 1. The topological polar surface area (TPSA) is 93.7 Å². The minimum atomic E-state index is -0.533. The van der Waals surface area contributed by atoms with Crippen LogP contribution >= 0.6 is 0 Å². The van der Waals surface area contributed by atoms with Gasteiger partial charge in [0.1, 0.15) is 5.60 Å². The number of imidazole rings is 1. The fourth-order valence-electron chi connectivity index (χ4n) is 2.33. The van der Waals surface area contributed by atoms with Gasteiger partial charge in [0.15, 0.2) is 0 Å². The van der Waals surface area contributed by atoms with E-state index in [9.17, 15) is 14.9 Å². The van der Waals surface area contributed by atoms with Crippen molar-refractivity contribution in [2.75, 3.05) is 31.1 Å². The van der Waals surface area contributed by atoms with Gasteiger partial charge in [0, 0.05) is 33.2 Å². The van der Waals surface area contributed by atoms with Crippen molar-refractivity contribution in [1.82, 2.24) is 14.5 Å². The van der Waals surface area contributed by atoms with Crippen molar-refractivity contribution < 1.29 is 14.5 Å². The molecular formula is C13H21N5O4. The van der Waals surface area contributed by atoms with E-state index in [0.717, 1.165) is 0 Å². The Bertz CT molecular complexity index is 569. The average molecular weight is 311 g/mol. The highest BCUT2D eigenvalue weighted by molar-refractivity contribution is 5.68. The number of aryl methyl sites for hydroxylation is 1. The molecule has 9 heteroatoms. The Hall–Kier alpha value is -2.32. The van der Waals surface area contributed by atoms with Gasteiger partial charge < -0.3 is 24.7 Å². The zero-order valence-corrected chi connectivity index (χ0v) is 13.3. The minimum absolute atomic E-state index is 0.159. The lowest BCUT2D eigenvalue weighted by Gasteiger charge is -2.36. The monoisotopic (exact) mass is 311 g/mol. The fraction of sp³-hybridized carbons (Fsp3) is 0.692. The molecule has 1 fully saturated rings. The number of nitrogens with zero attached hydrogens (tertiary/aromatic N) is 5. The number of aromatic nitrogens is 2. The summed E-state index contributed by atoms with van der Waals surface area (Å²) in [7, 11) is 1.72. The van der Waals surface area contributed by atoms with Crippen molar-refractivity contribution in [3.8, 4) is 0 Å². The summed E-state index contributed by atoms with van der Waals surface area (Å²) in [6.07, 6.45) is 1.07. The van der Waals surface area contributed by atoms with Gasteiger partial charge in [0.05, 0.1) is 0 Å². The molecule has 0 spiro atoms. The molecule has 0 N–H and O–H groups in total. The molecule has 0 aliphatic carbocycles. The lowest BCUT2D eigenvalue weighted by atomic mass is 10.2. The second kappa shape index (κ2) is 5.82. The highest BCUT2D eigenvalue weighted by Gasteiger charge is 2.31. The largest absolute Gasteiger partial charge is 0.444 e. The van der Waals surface area contributed by atoms with Crippen LogP contribution in [0.5, 0.6) is 0 Å². The number of hydrogen-bond donors (Lipinski definition) is 0. The summed E-state index contributed by atoms with van der Waals surface area (Å²) >= 11 is 0. The molecule has 0 unspecified atom stereocenters. The number of ether oxygens (including phenoxy) is 1. The van der Waals surface area contributed by atoms with Crippen LogP contribution in [0.25, 0.3) is 0 Å². The Morgan fingerprint density at radius 2 is 1.91 bits per heavy atom. The Morgan fingerprint density at radius 3 is 2.41 bits per heavy atom. The van der Waals surface area contributed by atoms with E-state index >= 15 is 0 Å². The van der Waals surface area contributed by atoms with E-state index in [1.807, 2.05) is 25.7 Å². The van der Waals surface area contributed by atoms with Gasteiger partial charge in [-0.15, -0.1) is 0 Å². The van der Waals surface area contributed by atoms with Crippen LogP contribution in [0.15, 0.2) is 6.33 Å². The highest BCUT2D eigenvalue weighted by atomic mass is 16.6. The lowest BCUT2D eigenvalue weighted by molar-refractivity contribution is -0.388. The van der Waals surface area contributed by atoms with Crippen LogP contribution < -0.4 is 4.90 Å². The van der Waals surface area contributed by atoms with Crippen LogP contribution in [0.3, 0.4) is 0 Å². The first-order chi connectivity index (χ1) is 10.2. The van der Waals surface area contributed by atoms with Crippen molar-refractivity contribution in [1.29, 1.82) is 0 Å². The van der Waals surface area contributed by atoms with Gasteiger partial charge in [-0.25, -0.2) is 4.79 Å². The van der Waals surface area contributed by atoms with Gasteiger partial charge in [0.25, 0.3) is 0 Å². The predicted molar refractivity (Wildman–Crippen MR) is 79.9 cm³/mol. The normalized spacial score (nSPS) is 15.8. The highest BCUT2D eigenvalue weighted by Crippen LogP contribution is 2.26. The molecule has 1 amide bonds. The zero-order chi connectivity index (χ0) is 16.5. The Labute approximate surface area is 128 Å². The Morgan fingerprint density at radius 1 is 1.32 bits per heavy atom. The molecule has 1 saturated heterocycles. The van der Waals surface area contributed by atoms with E-state index in [4.69, 9.17) is 4.74 Å². The van der Waals surface area contributed by atoms with Gasteiger partial charge in [-0.3, -0.25) is 4.57 Å². The Balaban J connectivity index is 2.02. The molecule has 1 aromatic rings. The van der Waals surface area contributed by atoms with E-state index in [2.05, 4.69) is 4.98 Å². The van der Waals surface area contributed by atoms with Crippen molar-refractivity contribution >= 4 is 17.7 Å². The van der Waals surface area contributed by atoms with Crippen LogP contribution in [-0.2, 0) is 11.8 Å². The van der Waals surface area contributed by atoms with Crippen molar-refractivity contribution in [2.24, 2.45) is 7.05 Å². The smallest absolute Gasteiger partial charge is 0.410 e. The number of carbonyl (C=O) groups is 1. The van der Waals surface area contributed by atoms with Crippen molar-refractivity contribution in [3.63, 3.8) is 0 Å². The lowest BCUT2D eigenvalue weighted by Crippen LogP contribution is -2.50. The SMILES string of the molecule is Cn1cnc([N+](=O)[O-])c1N1CCN(C(=O)OC(C)(C)C)CC1. The molecular weight excluding hydrogens is 290 g/mol. The maximum absolute atomic E-state index is 12.0. The summed E-state index contributed by atoms with van der Waals surface area (Å²) in [6, 6.07) is 0. The molecule has 0 bridgehead atoms. The quantitative estimate of drug-likeness (QED) is 0.605. The molecule has 0 saturated carbocycles. The summed E-state index contributed by atoms with van der Waals surface area (Å²) < 4.78 is 6.96. The number of nitro groups is 1. The molecule has 122 valence electrons. The third-order valence-corrected chi connectivity index (χ3v) is 3.29. The molecule has 1 aromatic heterocycles. The van der Waals surface area contributed by atoms with Gasteiger partial charge >= 0.3 is 11.9 Å². The zero-order valence-electron chi connectivity index (χ0n) is 13.3. The third-order valence-electron chi connectivity index (χ3n) is 3.29. The second-order valence-corrected chi connectivity index (χ2v) is 6.21. The minimum Gasteiger partial charge on any atom is -0.444 e. The van der Waals surface area contributed by atoms with Crippen molar-refractivity contribution in [2.45, 2.75) is 26.4 Å². The number of anilines is 1. The van der Waals surface area contributed by atoms with Crippen LogP contribution in [0, 0.1) is 10.1 Å². The fourth-order valence-corrected chi connectivity index (χ4v) is 2.33. The number of piperazine rings is 1. The summed E-state index contributed by atoms with van der Waals surface area (Å²) in [5.41, 5.74) is -0.533. The molecule has 0 atom stereocenters. The molecule has 0 aromatic carbocycles. The molecule has 0 radical (unpaired) electrons. The summed E-state index contributed by atoms with van der Waals surface area (Å²) in [4.78, 5) is 29.8. The van der Waals surface area contributed by atoms with E-state index in [1.54, 1.807) is 16.5 Å². The molecule has 1 aliphatic heterocycles. The predicted octanol–water partition coefficient (Wildman–Crippen LogP) is 1.39. The molecule has 1 aliphatic rings. The van der Waals surface area contributed by atoms with Gasteiger partial charge in [-0.2, -0.15) is 0 Å². The van der Waals surface area contributed by atoms with Crippen LogP contribution in [0.4, 0.5) is 16.4 Å². The summed E-state index contributed by atoms with van der Waals surface area (Å²) in [5, 5.41) is 11.0. The first-order valence-corrected chi connectivity index (χ1v) is 7.07. The number of amides is 1. The van der Waals surface area contributed by atoms with E-state index in [-0.39, 0.29) is 11.9 Å². The van der Waals surface area contributed by atoms with Crippen LogP contribution in [0.2, 0.25) is 0 Å². The Kier molecular flexibility index (Phi) is 4.25. The average Bonchev–Trinajstić information content (AvgIpc) is 2.79. The summed E-state index contributed by atoms with van der Waals surface area (Å²) in [6.45, 7) is 7.37. The maximum atomic E-state index is 12.0. The molecule has 2 heterocycles. The van der Waals surface area contributed by atoms with Crippen LogP contribution in [0.1, 0.15) is 20.8 Å². The second-order valence-electron chi connectivity index (χ2n) is 6.21. The van der Waals surface area contributed by atoms with Gasteiger partial charge in [0.2, 0.25) is 12.1 Å². The third kappa shape index (κ3) is 3.46. The van der Waals surface area contributed by atoms with Gasteiger partial charge in [-0.1, -0.05) is 0 Å². The van der Waals surface area contributed by atoms with Crippen molar-refractivity contribution in [3.05, 3.63) is 16.4 Å².